The average Bonchev–Trinajstić information content (AvgIpc) is 2.64. The van der Waals surface area contributed by atoms with E-state index >= 15 is 0 Å². The predicted molar refractivity (Wildman–Crippen MR) is 72.1 cm³/mol. The van der Waals surface area contributed by atoms with Crippen LogP contribution in [0.25, 0.3) is 10.1 Å². The van der Waals surface area contributed by atoms with E-state index in [4.69, 9.17) is 12.2 Å². The quantitative estimate of drug-likeness (QED) is 0.795. The number of hydrogen-bond acceptors (Lipinski definition) is 3. The monoisotopic (exact) mass is 244 g/mol. The van der Waals surface area contributed by atoms with Crippen LogP contribution in [-0.2, 0) is 0 Å². The molecule has 0 fully saturated rings. The van der Waals surface area contributed by atoms with Crippen LogP contribution in [0.15, 0.2) is 18.2 Å². The number of nitrogen functional groups attached to an aromatic ring is 1. The molecule has 0 bridgehead atoms. The summed E-state index contributed by atoms with van der Waals surface area (Å²) in [4.78, 5) is 12.3. The maximum absolute atomic E-state index is 11.8. The van der Waals surface area contributed by atoms with Gasteiger partial charge in [0.15, 0.2) is 0 Å². The number of nitrogens with two attached hydrogens (primary N) is 1. The zero-order valence-corrected chi connectivity index (χ0v) is 10.2. The molecular formula is C13H12N2OS. The summed E-state index contributed by atoms with van der Waals surface area (Å²) >= 11 is 1.39. The van der Waals surface area contributed by atoms with Crippen molar-refractivity contribution in [2.24, 2.45) is 0 Å². The molecule has 0 saturated carbocycles. The second-order valence-corrected chi connectivity index (χ2v) is 4.78. The average molecular weight is 244 g/mol. The normalized spacial score (nSPS) is 10.1. The third-order valence-corrected chi connectivity index (χ3v) is 3.62. The van der Waals surface area contributed by atoms with Crippen molar-refractivity contribution < 1.29 is 4.79 Å². The van der Waals surface area contributed by atoms with Crippen molar-refractivity contribution in [3.8, 4) is 12.3 Å². The van der Waals surface area contributed by atoms with Crippen LogP contribution in [0.3, 0.4) is 0 Å². The Balaban J connectivity index is 2.46. The van der Waals surface area contributed by atoms with Gasteiger partial charge in [0.25, 0.3) is 5.91 Å². The first kappa shape index (κ1) is 11.5. The highest BCUT2D eigenvalue weighted by atomic mass is 32.1. The molecular weight excluding hydrogens is 232 g/mol. The van der Waals surface area contributed by atoms with Crippen molar-refractivity contribution >= 4 is 33.0 Å². The summed E-state index contributed by atoms with van der Waals surface area (Å²) in [5, 5.41) is 3.55. The number of hydrogen-bond donors (Lipinski definition) is 2. The standard InChI is InChI=1S/C13H12N2OS/c1-3-6-15-13(16)12-11(14)9-7-8(2)4-5-10(9)17-12/h1,4-5,7H,6,14H2,2H3,(H,15,16). The zero-order chi connectivity index (χ0) is 12.4. The molecule has 0 radical (unpaired) electrons. The first-order chi connectivity index (χ1) is 8.13. The number of carbonyl (C=O) groups is 1. The van der Waals surface area contributed by atoms with Gasteiger partial charge in [-0.05, 0) is 19.1 Å². The number of rotatable bonds is 2. The molecule has 2 aromatic rings. The number of benzene rings is 1. The van der Waals surface area contributed by atoms with E-state index in [0.717, 1.165) is 15.6 Å². The van der Waals surface area contributed by atoms with Crippen molar-refractivity contribution in [1.82, 2.24) is 5.32 Å². The van der Waals surface area contributed by atoms with E-state index in [1.165, 1.54) is 11.3 Å². The van der Waals surface area contributed by atoms with Gasteiger partial charge < -0.3 is 11.1 Å². The number of thiophene rings is 1. The fraction of sp³-hybridized carbons (Fsp3) is 0.154. The summed E-state index contributed by atoms with van der Waals surface area (Å²) in [7, 11) is 0. The number of carbonyl (C=O) groups excluding carboxylic acids is 1. The van der Waals surface area contributed by atoms with Crippen LogP contribution in [0.1, 0.15) is 15.2 Å². The summed E-state index contributed by atoms with van der Waals surface area (Å²) in [6.45, 7) is 2.21. The lowest BCUT2D eigenvalue weighted by molar-refractivity contribution is 0.0963. The Morgan fingerprint density at radius 1 is 1.59 bits per heavy atom. The van der Waals surface area contributed by atoms with Gasteiger partial charge in [-0.3, -0.25) is 4.79 Å². The summed E-state index contributed by atoms with van der Waals surface area (Å²) in [6, 6.07) is 5.96. The highest BCUT2D eigenvalue weighted by Crippen LogP contribution is 2.33. The lowest BCUT2D eigenvalue weighted by Crippen LogP contribution is -2.23. The molecule has 4 heteroatoms. The van der Waals surface area contributed by atoms with E-state index in [2.05, 4.69) is 11.2 Å². The first-order valence-electron chi connectivity index (χ1n) is 5.13. The molecule has 0 saturated heterocycles. The number of fused-ring (bicyclic) bond motifs is 1. The maximum atomic E-state index is 11.8. The molecule has 1 heterocycles. The van der Waals surface area contributed by atoms with E-state index < -0.39 is 0 Å². The number of amides is 1. The lowest BCUT2D eigenvalue weighted by Gasteiger charge is -1.99. The Hall–Kier alpha value is -1.99. The van der Waals surface area contributed by atoms with Gasteiger partial charge in [0.05, 0.1) is 12.2 Å². The van der Waals surface area contributed by atoms with Crippen molar-refractivity contribution in [2.75, 3.05) is 12.3 Å². The van der Waals surface area contributed by atoms with Gasteiger partial charge in [0, 0.05) is 10.1 Å². The van der Waals surface area contributed by atoms with Gasteiger partial charge in [-0.25, -0.2) is 0 Å². The molecule has 1 aromatic carbocycles. The van der Waals surface area contributed by atoms with Crippen molar-refractivity contribution in [3.05, 3.63) is 28.6 Å². The molecule has 3 N–H and O–H groups in total. The summed E-state index contributed by atoms with van der Waals surface area (Å²) in [6.07, 6.45) is 5.10. The van der Waals surface area contributed by atoms with Crippen LogP contribution in [0.4, 0.5) is 5.69 Å². The van der Waals surface area contributed by atoms with E-state index in [1.54, 1.807) is 0 Å². The van der Waals surface area contributed by atoms with Crippen molar-refractivity contribution in [3.63, 3.8) is 0 Å². The molecule has 17 heavy (non-hydrogen) atoms. The fourth-order valence-electron chi connectivity index (χ4n) is 1.61. The van der Waals surface area contributed by atoms with Gasteiger partial charge in [-0.1, -0.05) is 17.6 Å². The molecule has 2 rings (SSSR count). The second-order valence-electron chi connectivity index (χ2n) is 3.73. The molecule has 0 aliphatic heterocycles. The van der Waals surface area contributed by atoms with E-state index in [-0.39, 0.29) is 12.5 Å². The van der Waals surface area contributed by atoms with E-state index in [0.29, 0.717) is 10.6 Å². The van der Waals surface area contributed by atoms with Crippen LogP contribution < -0.4 is 11.1 Å². The van der Waals surface area contributed by atoms with Crippen LogP contribution in [-0.4, -0.2) is 12.5 Å². The Labute approximate surface area is 104 Å². The third kappa shape index (κ3) is 2.10. The topological polar surface area (TPSA) is 55.1 Å². The van der Waals surface area contributed by atoms with E-state index in [1.807, 2.05) is 25.1 Å². The molecule has 3 nitrogen and oxygen atoms in total. The Morgan fingerprint density at radius 3 is 3.06 bits per heavy atom. The Kier molecular flexibility index (Phi) is 3.03. The lowest BCUT2D eigenvalue weighted by atomic mass is 10.1. The van der Waals surface area contributed by atoms with Crippen molar-refractivity contribution in [2.45, 2.75) is 6.92 Å². The second kappa shape index (κ2) is 4.48. The van der Waals surface area contributed by atoms with Gasteiger partial charge in [0.2, 0.25) is 0 Å². The van der Waals surface area contributed by atoms with Gasteiger partial charge in [-0.15, -0.1) is 17.8 Å². The molecule has 86 valence electrons. The molecule has 1 aromatic heterocycles. The van der Waals surface area contributed by atoms with Gasteiger partial charge in [-0.2, -0.15) is 0 Å². The summed E-state index contributed by atoms with van der Waals surface area (Å²) < 4.78 is 1.01. The SMILES string of the molecule is C#CCNC(=O)c1sc2ccc(C)cc2c1N. The smallest absolute Gasteiger partial charge is 0.264 e. The van der Waals surface area contributed by atoms with Gasteiger partial charge in [0.1, 0.15) is 4.88 Å². The summed E-state index contributed by atoms with van der Waals surface area (Å²) in [5.41, 5.74) is 7.63. The molecule has 0 aliphatic rings. The number of aryl methyl sites for hydroxylation is 1. The largest absolute Gasteiger partial charge is 0.397 e. The number of nitrogens with one attached hydrogen (secondary N) is 1. The number of anilines is 1. The Morgan fingerprint density at radius 2 is 2.35 bits per heavy atom. The highest BCUT2D eigenvalue weighted by molar-refractivity contribution is 7.21. The first-order valence-corrected chi connectivity index (χ1v) is 5.95. The van der Waals surface area contributed by atoms with Crippen LogP contribution in [0.5, 0.6) is 0 Å². The molecule has 0 aliphatic carbocycles. The number of terminal acetylenes is 1. The minimum absolute atomic E-state index is 0.209. The molecule has 1 amide bonds. The van der Waals surface area contributed by atoms with Crippen LogP contribution >= 0.6 is 11.3 Å². The fourth-order valence-corrected chi connectivity index (χ4v) is 2.63. The maximum Gasteiger partial charge on any atom is 0.264 e. The van der Waals surface area contributed by atoms with Crippen molar-refractivity contribution in [1.29, 1.82) is 0 Å². The van der Waals surface area contributed by atoms with Crippen LogP contribution in [0.2, 0.25) is 0 Å². The predicted octanol–water partition coefficient (Wildman–Crippen LogP) is 2.15. The zero-order valence-electron chi connectivity index (χ0n) is 9.41. The minimum atomic E-state index is -0.209. The third-order valence-electron chi connectivity index (χ3n) is 2.44. The van der Waals surface area contributed by atoms with Crippen LogP contribution in [0, 0.1) is 19.3 Å². The summed E-state index contributed by atoms with van der Waals surface area (Å²) in [5.74, 6) is 2.15. The highest BCUT2D eigenvalue weighted by Gasteiger charge is 2.15. The molecule has 0 unspecified atom stereocenters. The van der Waals surface area contributed by atoms with E-state index in [9.17, 15) is 4.79 Å². The Bertz CT molecular complexity index is 622. The minimum Gasteiger partial charge on any atom is -0.397 e. The van der Waals surface area contributed by atoms with Gasteiger partial charge >= 0.3 is 0 Å². The molecule has 0 spiro atoms. The molecule has 0 atom stereocenters.